The van der Waals surface area contributed by atoms with Gasteiger partial charge in [0, 0.05) is 13.7 Å². The molecule has 0 atom stereocenters. The van der Waals surface area contributed by atoms with Crippen molar-refractivity contribution in [1.29, 1.82) is 5.41 Å². The summed E-state index contributed by atoms with van der Waals surface area (Å²) < 4.78 is 4.81. The first-order valence-corrected chi connectivity index (χ1v) is 2.89. The molecule has 0 aromatic heterocycles. The highest BCUT2D eigenvalue weighted by atomic mass is 16.5. The molecular formula is C6H13NO. The molecule has 0 radical (unpaired) electrons. The van der Waals surface area contributed by atoms with Crippen molar-refractivity contribution < 1.29 is 4.74 Å². The van der Waals surface area contributed by atoms with Gasteiger partial charge in [-0.05, 0) is 25.5 Å². The normalized spacial score (nSPS) is 9.12. The topological polar surface area (TPSA) is 33.1 Å². The van der Waals surface area contributed by atoms with Gasteiger partial charge in [0.05, 0.1) is 0 Å². The van der Waals surface area contributed by atoms with E-state index in [9.17, 15) is 0 Å². The fraction of sp³-hybridized carbons (Fsp3) is 0.833. The molecule has 0 rings (SSSR count). The largest absolute Gasteiger partial charge is 0.385 e. The van der Waals surface area contributed by atoms with E-state index in [1.54, 1.807) is 7.11 Å². The maximum absolute atomic E-state index is 6.67. The zero-order valence-electron chi connectivity index (χ0n) is 5.31. The highest BCUT2D eigenvalue weighted by Crippen LogP contribution is 1.90. The van der Waals surface area contributed by atoms with E-state index in [1.165, 1.54) is 6.21 Å². The Labute approximate surface area is 50.4 Å². The summed E-state index contributed by atoms with van der Waals surface area (Å²) >= 11 is 0. The SMILES string of the molecule is COCCCCC=N. The summed E-state index contributed by atoms with van der Waals surface area (Å²) in [6, 6.07) is 0. The smallest absolute Gasteiger partial charge is 0.0462 e. The van der Waals surface area contributed by atoms with E-state index in [0.29, 0.717) is 0 Å². The van der Waals surface area contributed by atoms with Crippen LogP contribution in [0.1, 0.15) is 19.3 Å². The van der Waals surface area contributed by atoms with Crippen molar-refractivity contribution in [2.75, 3.05) is 13.7 Å². The van der Waals surface area contributed by atoms with Gasteiger partial charge >= 0.3 is 0 Å². The lowest BCUT2D eigenvalue weighted by molar-refractivity contribution is 0.193. The highest BCUT2D eigenvalue weighted by molar-refractivity contribution is 5.52. The summed E-state index contributed by atoms with van der Waals surface area (Å²) in [7, 11) is 1.70. The Bertz CT molecular complexity index is 54.5. The third-order valence-electron chi connectivity index (χ3n) is 0.947. The molecule has 8 heavy (non-hydrogen) atoms. The molecule has 0 aromatic rings. The fourth-order valence-electron chi connectivity index (χ4n) is 0.493. The lowest BCUT2D eigenvalue weighted by atomic mass is 10.3. The minimum Gasteiger partial charge on any atom is -0.385 e. The van der Waals surface area contributed by atoms with Gasteiger partial charge in [0.25, 0.3) is 0 Å². The number of unbranched alkanes of at least 4 members (excludes halogenated alkanes) is 2. The van der Waals surface area contributed by atoms with Gasteiger partial charge in [-0.2, -0.15) is 0 Å². The molecule has 0 fully saturated rings. The quantitative estimate of drug-likeness (QED) is 0.427. The van der Waals surface area contributed by atoms with E-state index in [4.69, 9.17) is 10.1 Å². The van der Waals surface area contributed by atoms with E-state index in [-0.39, 0.29) is 0 Å². The van der Waals surface area contributed by atoms with Gasteiger partial charge in [-0.25, -0.2) is 0 Å². The maximum atomic E-state index is 6.67. The van der Waals surface area contributed by atoms with Crippen LogP contribution in [0, 0.1) is 5.41 Å². The number of nitrogens with one attached hydrogen (secondary N) is 1. The first kappa shape index (κ1) is 7.63. The molecular weight excluding hydrogens is 102 g/mol. The molecule has 1 N–H and O–H groups in total. The lowest BCUT2D eigenvalue weighted by Gasteiger charge is -1.93. The summed E-state index contributed by atoms with van der Waals surface area (Å²) in [5.74, 6) is 0. The van der Waals surface area contributed by atoms with Gasteiger partial charge in [0.2, 0.25) is 0 Å². The molecule has 48 valence electrons. The first-order chi connectivity index (χ1) is 3.91. The number of methoxy groups -OCH3 is 1. The number of ether oxygens (including phenoxy) is 1. The molecule has 2 nitrogen and oxygen atoms in total. The fourth-order valence-corrected chi connectivity index (χ4v) is 0.493. The predicted molar refractivity (Wildman–Crippen MR) is 34.5 cm³/mol. The number of rotatable bonds is 5. The summed E-state index contributed by atoms with van der Waals surface area (Å²) in [4.78, 5) is 0. The molecule has 0 amide bonds. The Morgan fingerprint density at radius 2 is 2.25 bits per heavy atom. The van der Waals surface area contributed by atoms with E-state index in [0.717, 1.165) is 25.9 Å². The van der Waals surface area contributed by atoms with Gasteiger partial charge in [-0.1, -0.05) is 0 Å². The van der Waals surface area contributed by atoms with Crippen LogP contribution in [0.5, 0.6) is 0 Å². The predicted octanol–water partition coefficient (Wildman–Crippen LogP) is 1.45. The zero-order chi connectivity index (χ0) is 6.24. The van der Waals surface area contributed by atoms with Crippen LogP contribution in [-0.4, -0.2) is 19.9 Å². The van der Waals surface area contributed by atoms with Crippen LogP contribution in [0.2, 0.25) is 0 Å². The Morgan fingerprint density at radius 3 is 2.75 bits per heavy atom. The van der Waals surface area contributed by atoms with E-state index < -0.39 is 0 Å². The van der Waals surface area contributed by atoms with Crippen LogP contribution in [0.3, 0.4) is 0 Å². The zero-order valence-corrected chi connectivity index (χ0v) is 5.31. The van der Waals surface area contributed by atoms with Crippen LogP contribution in [-0.2, 0) is 4.74 Å². The second-order valence-electron chi connectivity index (χ2n) is 1.69. The Hall–Kier alpha value is -0.370. The van der Waals surface area contributed by atoms with Crippen molar-refractivity contribution in [1.82, 2.24) is 0 Å². The molecule has 0 saturated heterocycles. The molecule has 0 unspecified atom stereocenters. The Kier molecular flexibility index (Phi) is 6.32. The standard InChI is InChI=1S/C6H13NO/c1-8-6-4-2-3-5-7/h5,7H,2-4,6H2,1H3. The Morgan fingerprint density at radius 1 is 1.50 bits per heavy atom. The molecule has 0 aliphatic heterocycles. The van der Waals surface area contributed by atoms with Crippen LogP contribution >= 0.6 is 0 Å². The van der Waals surface area contributed by atoms with Crippen LogP contribution in [0.15, 0.2) is 0 Å². The van der Waals surface area contributed by atoms with Gasteiger partial charge in [0.1, 0.15) is 0 Å². The van der Waals surface area contributed by atoms with Gasteiger partial charge < -0.3 is 10.1 Å². The molecule has 0 saturated carbocycles. The molecule has 0 spiro atoms. The molecule has 0 aliphatic carbocycles. The average molecular weight is 115 g/mol. The van der Waals surface area contributed by atoms with Crippen LogP contribution < -0.4 is 0 Å². The van der Waals surface area contributed by atoms with Crippen LogP contribution in [0.4, 0.5) is 0 Å². The van der Waals surface area contributed by atoms with Gasteiger partial charge in [-0.15, -0.1) is 0 Å². The maximum Gasteiger partial charge on any atom is 0.0462 e. The van der Waals surface area contributed by atoms with Gasteiger partial charge in [0.15, 0.2) is 0 Å². The minimum atomic E-state index is 0.827. The average Bonchev–Trinajstić information content (AvgIpc) is 1.81. The molecule has 0 heterocycles. The highest BCUT2D eigenvalue weighted by Gasteiger charge is 1.82. The summed E-state index contributed by atoms with van der Waals surface area (Å²) in [5.41, 5.74) is 0. The van der Waals surface area contributed by atoms with E-state index >= 15 is 0 Å². The van der Waals surface area contributed by atoms with Gasteiger partial charge in [-0.3, -0.25) is 0 Å². The monoisotopic (exact) mass is 115 g/mol. The summed E-state index contributed by atoms with van der Waals surface area (Å²) in [5, 5.41) is 6.67. The third-order valence-corrected chi connectivity index (χ3v) is 0.947. The van der Waals surface area contributed by atoms with Crippen molar-refractivity contribution in [3.8, 4) is 0 Å². The Balaban J connectivity index is 2.62. The number of hydrogen-bond donors (Lipinski definition) is 1. The molecule has 2 heteroatoms. The number of hydrogen-bond acceptors (Lipinski definition) is 2. The molecule has 0 aliphatic rings. The third kappa shape index (κ3) is 5.63. The van der Waals surface area contributed by atoms with E-state index in [1.807, 2.05) is 0 Å². The van der Waals surface area contributed by atoms with Crippen molar-refractivity contribution in [2.24, 2.45) is 0 Å². The molecule has 0 aromatic carbocycles. The second-order valence-corrected chi connectivity index (χ2v) is 1.69. The lowest BCUT2D eigenvalue weighted by Crippen LogP contribution is -1.87. The second kappa shape index (κ2) is 6.63. The summed E-state index contributed by atoms with van der Waals surface area (Å²) in [6.07, 6.45) is 4.49. The minimum absolute atomic E-state index is 0.827. The van der Waals surface area contributed by atoms with Crippen molar-refractivity contribution in [3.63, 3.8) is 0 Å². The van der Waals surface area contributed by atoms with E-state index in [2.05, 4.69) is 0 Å². The first-order valence-electron chi connectivity index (χ1n) is 2.89. The van der Waals surface area contributed by atoms with Crippen LogP contribution in [0.25, 0.3) is 0 Å². The van der Waals surface area contributed by atoms with Crippen molar-refractivity contribution in [3.05, 3.63) is 0 Å². The summed E-state index contributed by atoms with van der Waals surface area (Å²) in [6.45, 7) is 0.827. The molecule has 0 bridgehead atoms. The van der Waals surface area contributed by atoms with Crippen molar-refractivity contribution >= 4 is 6.21 Å². The van der Waals surface area contributed by atoms with Crippen molar-refractivity contribution in [2.45, 2.75) is 19.3 Å².